The standard InChI is InChI=1S/C16H24N2O2/c1-16(2)13-18(9-10-20-16)15(19)12-17(3)11-14-7-5-4-6-8-14/h4-8H,9-13H2,1-3H3. The lowest BCUT2D eigenvalue weighted by molar-refractivity contribution is -0.146. The third-order valence-electron chi connectivity index (χ3n) is 3.48. The number of rotatable bonds is 4. The van der Waals surface area contributed by atoms with Crippen LogP contribution in [0, 0.1) is 0 Å². The summed E-state index contributed by atoms with van der Waals surface area (Å²) in [6, 6.07) is 10.2. The molecule has 1 amide bonds. The second-order valence-electron chi connectivity index (χ2n) is 6.08. The van der Waals surface area contributed by atoms with E-state index in [0.29, 0.717) is 26.2 Å². The lowest BCUT2D eigenvalue weighted by Gasteiger charge is -2.38. The lowest BCUT2D eigenvalue weighted by atomic mass is 10.1. The van der Waals surface area contributed by atoms with Crippen molar-refractivity contribution in [1.29, 1.82) is 0 Å². The SMILES string of the molecule is CN(CC(=O)N1CCOC(C)(C)C1)Cc1ccccc1. The summed E-state index contributed by atoms with van der Waals surface area (Å²) < 4.78 is 5.64. The van der Waals surface area contributed by atoms with E-state index >= 15 is 0 Å². The third-order valence-corrected chi connectivity index (χ3v) is 3.48. The van der Waals surface area contributed by atoms with Gasteiger partial charge in [0.05, 0.1) is 18.8 Å². The minimum absolute atomic E-state index is 0.180. The number of carbonyl (C=O) groups excluding carboxylic acids is 1. The topological polar surface area (TPSA) is 32.8 Å². The van der Waals surface area contributed by atoms with Crippen molar-refractivity contribution in [2.24, 2.45) is 0 Å². The van der Waals surface area contributed by atoms with E-state index in [0.717, 1.165) is 6.54 Å². The van der Waals surface area contributed by atoms with Crippen LogP contribution in [0.4, 0.5) is 0 Å². The second-order valence-corrected chi connectivity index (χ2v) is 6.08. The normalized spacial score (nSPS) is 18.3. The van der Waals surface area contributed by atoms with E-state index in [1.54, 1.807) is 0 Å². The summed E-state index contributed by atoms with van der Waals surface area (Å²) in [5, 5.41) is 0. The van der Waals surface area contributed by atoms with Gasteiger partial charge in [0.25, 0.3) is 0 Å². The van der Waals surface area contributed by atoms with Crippen LogP contribution in [0.2, 0.25) is 0 Å². The van der Waals surface area contributed by atoms with Crippen LogP contribution in [0.15, 0.2) is 30.3 Å². The molecule has 1 heterocycles. The van der Waals surface area contributed by atoms with E-state index < -0.39 is 0 Å². The maximum absolute atomic E-state index is 12.3. The molecule has 110 valence electrons. The van der Waals surface area contributed by atoms with Crippen LogP contribution < -0.4 is 0 Å². The van der Waals surface area contributed by atoms with Crippen LogP contribution in [-0.4, -0.2) is 54.6 Å². The number of carbonyl (C=O) groups is 1. The van der Waals surface area contributed by atoms with Gasteiger partial charge >= 0.3 is 0 Å². The molecule has 0 aromatic heterocycles. The van der Waals surface area contributed by atoms with Gasteiger partial charge in [0, 0.05) is 19.6 Å². The number of hydrogen-bond acceptors (Lipinski definition) is 3. The van der Waals surface area contributed by atoms with Crippen molar-refractivity contribution < 1.29 is 9.53 Å². The van der Waals surface area contributed by atoms with Crippen molar-refractivity contribution in [2.75, 3.05) is 33.3 Å². The fraction of sp³-hybridized carbons (Fsp3) is 0.562. The summed E-state index contributed by atoms with van der Waals surface area (Å²) >= 11 is 0. The highest BCUT2D eigenvalue weighted by Gasteiger charge is 2.30. The summed E-state index contributed by atoms with van der Waals surface area (Å²) in [4.78, 5) is 16.3. The van der Waals surface area contributed by atoms with Gasteiger partial charge < -0.3 is 9.64 Å². The Morgan fingerprint density at radius 1 is 1.35 bits per heavy atom. The van der Waals surface area contributed by atoms with Gasteiger partial charge in [-0.05, 0) is 26.5 Å². The highest BCUT2D eigenvalue weighted by molar-refractivity contribution is 5.78. The molecule has 0 bridgehead atoms. The molecule has 4 heteroatoms. The summed E-state index contributed by atoms with van der Waals surface area (Å²) in [6.07, 6.45) is 0. The number of nitrogens with zero attached hydrogens (tertiary/aromatic N) is 2. The van der Waals surface area contributed by atoms with Gasteiger partial charge in [0.15, 0.2) is 0 Å². The molecule has 20 heavy (non-hydrogen) atoms. The van der Waals surface area contributed by atoms with Crippen molar-refractivity contribution >= 4 is 5.91 Å². The molecule has 0 unspecified atom stereocenters. The van der Waals surface area contributed by atoms with E-state index in [9.17, 15) is 4.79 Å². The van der Waals surface area contributed by atoms with Crippen LogP contribution in [0.3, 0.4) is 0 Å². The fourth-order valence-electron chi connectivity index (χ4n) is 2.51. The molecule has 1 aliphatic rings. The molecule has 2 rings (SSSR count). The van der Waals surface area contributed by atoms with Crippen LogP contribution in [0.5, 0.6) is 0 Å². The molecule has 0 N–H and O–H groups in total. The first-order valence-corrected chi connectivity index (χ1v) is 7.10. The van der Waals surface area contributed by atoms with Gasteiger partial charge in [-0.25, -0.2) is 0 Å². The molecule has 0 aliphatic carbocycles. The summed E-state index contributed by atoms with van der Waals surface area (Å²) in [6.45, 7) is 7.29. The molecule has 1 aromatic rings. The van der Waals surface area contributed by atoms with Gasteiger partial charge in [-0.2, -0.15) is 0 Å². The number of morpholine rings is 1. The zero-order valence-electron chi connectivity index (χ0n) is 12.6. The van der Waals surface area contributed by atoms with Crippen molar-refractivity contribution in [3.8, 4) is 0 Å². The summed E-state index contributed by atoms with van der Waals surface area (Å²) in [5.41, 5.74) is 0.997. The van der Waals surface area contributed by atoms with Crippen LogP contribution in [-0.2, 0) is 16.1 Å². The maximum Gasteiger partial charge on any atom is 0.236 e. The second kappa shape index (κ2) is 6.37. The quantitative estimate of drug-likeness (QED) is 0.840. The average Bonchev–Trinajstić information content (AvgIpc) is 2.38. The van der Waals surface area contributed by atoms with Crippen molar-refractivity contribution in [3.05, 3.63) is 35.9 Å². The van der Waals surface area contributed by atoms with E-state index in [-0.39, 0.29) is 11.5 Å². The smallest absolute Gasteiger partial charge is 0.236 e. The van der Waals surface area contributed by atoms with Crippen LogP contribution >= 0.6 is 0 Å². The first kappa shape index (κ1) is 15.0. The lowest BCUT2D eigenvalue weighted by Crippen LogP contribution is -2.52. The Labute approximate surface area is 121 Å². The third kappa shape index (κ3) is 4.32. The van der Waals surface area contributed by atoms with Crippen LogP contribution in [0.25, 0.3) is 0 Å². The average molecular weight is 276 g/mol. The first-order chi connectivity index (χ1) is 9.46. The number of amides is 1. The Morgan fingerprint density at radius 3 is 2.70 bits per heavy atom. The molecule has 0 spiro atoms. The number of hydrogen-bond donors (Lipinski definition) is 0. The predicted octanol–water partition coefficient (Wildman–Crippen LogP) is 1.76. The van der Waals surface area contributed by atoms with Crippen molar-refractivity contribution in [2.45, 2.75) is 26.0 Å². The fourth-order valence-corrected chi connectivity index (χ4v) is 2.51. The molecular weight excluding hydrogens is 252 g/mol. The molecule has 1 aliphatic heterocycles. The Balaban J connectivity index is 1.84. The monoisotopic (exact) mass is 276 g/mol. The van der Waals surface area contributed by atoms with Gasteiger partial charge in [0.2, 0.25) is 5.91 Å². The molecule has 0 atom stereocenters. The largest absolute Gasteiger partial charge is 0.372 e. The van der Waals surface area contributed by atoms with Crippen LogP contribution in [0.1, 0.15) is 19.4 Å². The highest BCUT2D eigenvalue weighted by atomic mass is 16.5. The molecule has 1 fully saturated rings. The zero-order chi connectivity index (χ0) is 14.6. The zero-order valence-corrected chi connectivity index (χ0v) is 12.6. The Kier molecular flexibility index (Phi) is 4.78. The van der Waals surface area contributed by atoms with Crippen molar-refractivity contribution in [1.82, 2.24) is 9.80 Å². The molecule has 1 saturated heterocycles. The molecule has 0 saturated carbocycles. The Hall–Kier alpha value is -1.39. The summed E-state index contributed by atoms with van der Waals surface area (Å²) in [7, 11) is 1.98. The van der Waals surface area contributed by atoms with E-state index in [1.165, 1.54) is 5.56 Å². The highest BCUT2D eigenvalue weighted by Crippen LogP contribution is 2.16. The Morgan fingerprint density at radius 2 is 2.05 bits per heavy atom. The number of benzene rings is 1. The Bertz CT molecular complexity index is 445. The first-order valence-electron chi connectivity index (χ1n) is 7.10. The van der Waals surface area contributed by atoms with Gasteiger partial charge in [-0.1, -0.05) is 30.3 Å². The molecular formula is C16H24N2O2. The summed E-state index contributed by atoms with van der Waals surface area (Å²) in [5.74, 6) is 0.180. The van der Waals surface area contributed by atoms with Gasteiger partial charge in [-0.3, -0.25) is 9.69 Å². The molecule has 1 aromatic carbocycles. The van der Waals surface area contributed by atoms with Gasteiger partial charge in [0.1, 0.15) is 0 Å². The molecule has 0 radical (unpaired) electrons. The minimum atomic E-state index is -0.230. The van der Waals surface area contributed by atoms with E-state index in [1.807, 2.05) is 44.0 Å². The van der Waals surface area contributed by atoms with E-state index in [2.05, 4.69) is 17.0 Å². The number of likely N-dealkylation sites (N-methyl/N-ethyl adjacent to an activating group) is 1. The van der Waals surface area contributed by atoms with Crippen molar-refractivity contribution in [3.63, 3.8) is 0 Å². The minimum Gasteiger partial charge on any atom is -0.372 e. The van der Waals surface area contributed by atoms with Gasteiger partial charge in [-0.15, -0.1) is 0 Å². The number of ether oxygens (including phenoxy) is 1. The van der Waals surface area contributed by atoms with E-state index in [4.69, 9.17) is 4.74 Å². The molecule has 4 nitrogen and oxygen atoms in total. The predicted molar refractivity (Wildman–Crippen MR) is 79.4 cm³/mol. The maximum atomic E-state index is 12.3.